The Morgan fingerprint density at radius 3 is 2.44 bits per heavy atom. The monoisotopic (exact) mass is 409 g/mol. The normalized spacial score (nSPS) is 11.4. The van der Waals surface area contributed by atoms with Crippen molar-refractivity contribution in [2.75, 3.05) is 5.32 Å². The molecule has 0 aliphatic heterocycles. The summed E-state index contributed by atoms with van der Waals surface area (Å²) in [6.07, 6.45) is 1.68. The van der Waals surface area contributed by atoms with Crippen LogP contribution < -0.4 is 5.32 Å². The maximum atomic E-state index is 12.2. The number of anilines is 1. The van der Waals surface area contributed by atoms with Gasteiger partial charge in [-0.15, -0.1) is 10.2 Å². The van der Waals surface area contributed by atoms with Crippen LogP contribution in [0.25, 0.3) is 11.1 Å². The molecule has 0 spiro atoms. The van der Waals surface area contributed by atoms with Gasteiger partial charge in [0, 0.05) is 5.69 Å². The Bertz CT molecular complexity index is 941. The van der Waals surface area contributed by atoms with Crippen molar-refractivity contribution >= 4 is 68.8 Å². The van der Waals surface area contributed by atoms with Gasteiger partial charge in [0.25, 0.3) is 5.91 Å². The molecule has 2 aromatic carbocycles. The van der Waals surface area contributed by atoms with Gasteiger partial charge in [-0.2, -0.15) is 0 Å². The highest BCUT2D eigenvalue weighted by atomic mass is 35.5. The molecule has 0 atom stereocenters. The highest BCUT2D eigenvalue weighted by Gasteiger charge is 2.14. The van der Waals surface area contributed by atoms with Gasteiger partial charge in [0.2, 0.25) is 5.01 Å². The van der Waals surface area contributed by atoms with Gasteiger partial charge in [0.1, 0.15) is 0 Å². The van der Waals surface area contributed by atoms with E-state index in [0.29, 0.717) is 25.8 Å². The molecule has 0 bridgehead atoms. The number of hydrogen-bond acceptors (Lipinski definition) is 4. The molecule has 3 rings (SSSR count). The van der Waals surface area contributed by atoms with Crippen LogP contribution in [-0.4, -0.2) is 16.1 Å². The minimum absolute atomic E-state index is 0.222. The molecule has 8 heteroatoms. The summed E-state index contributed by atoms with van der Waals surface area (Å²) in [7, 11) is 0. The second-order valence-electron chi connectivity index (χ2n) is 4.90. The van der Waals surface area contributed by atoms with Crippen molar-refractivity contribution in [3.63, 3.8) is 0 Å². The zero-order valence-electron chi connectivity index (χ0n) is 12.5. The molecular formula is C17H10Cl3N3OS. The lowest BCUT2D eigenvalue weighted by Crippen LogP contribution is -2.11. The number of aromatic nitrogens is 2. The highest BCUT2D eigenvalue weighted by molar-refractivity contribution is 7.15. The van der Waals surface area contributed by atoms with Crippen molar-refractivity contribution in [1.29, 1.82) is 0 Å². The number of nitrogens with zero attached hydrogens (tertiary/aromatic N) is 2. The zero-order chi connectivity index (χ0) is 17.8. The quantitative estimate of drug-likeness (QED) is 0.588. The standard InChI is InChI=1S/C17H10Cl3N3OS/c18-12-7-6-10(8-13(12)19)9-14(20)16-22-23-17(25-16)15(24)21-11-4-2-1-3-5-11/h1-9H,(H,21,24)/b14-9-. The smallest absolute Gasteiger partial charge is 0.286 e. The molecular weight excluding hydrogens is 401 g/mol. The van der Waals surface area contributed by atoms with E-state index in [-0.39, 0.29) is 10.9 Å². The van der Waals surface area contributed by atoms with E-state index in [9.17, 15) is 4.79 Å². The average molecular weight is 411 g/mol. The van der Waals surface area contributed by atoms with Gasteiger partial charge in [-0.05, 0) is 35.9 Å². The lowest BCUT2D eigenvalue weighted by molar-refractivity contribution is 0.102. The lowest BCUT2D eigenvalue weighted by atomic mass is 10.2. The molecule has 3 aromatic rings. The molecule has 0 saturated carbocycles. The predicted molar refractivity (Wildman–Crippen MR) is 104 cm³/mol. The van der Waals surface area contributed by atoms with Crippen LogP contribution in [0.5, 0.6) is 0 Å². The van der Waals surface area contributed by atoms with Gasteiger partial charge in [-0.25, -0.2) is 0 Å². The summed E-state index contributed by atoms with van der Waals surface area (Å²) in [6, 6.07) is 14.3. The van der Waals surface area contributed by atoms with Crippen LogP contribution in [-0.2, 0) is 0 Å². The Kier molecular flexibility index (Phi) is 5.71. The van der Waals surface area contributed by atoms with E-state index >= 15 is 0 Å². The number of nitrogens with one attached hydrogen (secondary N) is 1. The third-order valence-electron chi connectivity index (χ3n) is 3.09. The maximum Gasteiger partial charge on any atom is 0.286 e. The van der Waals surface area contributed by atoms with Crippen molar-refractivity contribution in [3.8, 4) is 0 Å². The first-order valence-electron chi connectivity index (χ1n) is 7.05. The molecule has 0 aliphatic rings. The van der Waals surface area contributed by atoms with Gasteiger partial charge >= 0.3 is 0 Å². The molecule has 0 aliphatic carbocycles. The van der Waals surface area contributed by atoms with E-state index in [1.807, 2.05) is 18.2 Å². The maximum absolute atomic E-state index is 12.2. The van der Waals surface area contributed by atoms with Crippen LogP contribution in [0, 0.1) is 0 Å². The van der Waals surface area contributed by atoms with Crippen molar-refractivity contribution in [1.82, 2.24) is 10.2 Å². The van der Waals surface area contributed by atoms with Gasteiger partial charge in [0.05, 0.1) is 15.1 Å². The fourth-order valence-electron chi connectivity index (χ4n) is 1.93. The zero-order valence-corrected chi connectivity index (χ0v) is 15.6. The van der Waals surface area contributed by atoms with Gasteiger partial charge in [0.15, 0.2) is 5.01 Å². The fraction of sp³-hybridized carbons (Fsp3) is 0. The number of amides is 1. The van der Waals surface area contributed by atoms with Crippen molar-refractivity contribution in [2.24, 2.45) is 0 Å². The van der Waals surface area contributed by atoms with E-state index in [1.54, 1.807) is 36.4 Å². The summed E-state index contributed by atoms with van der Waals surface area (Å²) in [5.74, 6) is -0.339. The summed E-state index contributed by atoms with van der Waals surface area (Å²) < 4.78 is 0. The van der Waals surface area contributed by atoms with E-state index < -0.39 is 0 Å². The summed E-state index contributed by atoms with van der Waals surface area (Å²) in [5.41, 5.74) is 1.45. The van der Waals surface area contributed by atoms with Gasteiger partial charge in [-0.1, -0.05) is 70.4 Å². The third kappa shape index (κ3) is 4.58. The first kappa shape index (κ1) is 17.9. The van der Waals surface area contributed by atoms with Crippen molar-refractivity contribution < 1.29 is 4.79 Å². The second-order valence-corrected chi connectivity index (χ2v) is 7.10. The second kappa shape index (κ2) is 7.97. The third-order valence-corrected chi connectivity index (χ3v) is 5.19. The molecule has 25 heavy (non-hydrogen) atoms. The summed E-state index contributed by atoms with van der Waals surface area (Å²) in [6.45, 7) is 0. The Balaban J connectivity index is 1.77. The molecule has 0 unspecified atom stereocenters. The average Bonchev–Trinajstić information content (AvgIpc) is 3.09. The van der Waals surface area contributed by atoms with Crippen molar-refractivity contribution in [2.45, 2.75) is 0 Å². The summed E-state index contributed by atoms with van der Waals surface area (Å²) in [5, 5.41) is 12.5. The van der Waals surface area contributed by atoms with Crippen LogP contribution in [0.15, 0.2) is 48.5 Å². The van der Waals surface area contributed by atoms with E-state index in [2.05, 4.69) is 15.5 Å². The number of hydrogen-bond donors (Lipinski definition) is 1. The molecule has 126 valence electrons. The topological polar surface area (TPSA) is 54.9 Å². The number of halogens is 3. The molecule has 1 aromatic heterocycles. The van der Waals surface area contributed by atoms with Crippen LogP contribution in [0.3, 0.4) is 0 Å². The van der Waals surface area contributed by atoms with Crippen LogP contribution >= 0.6 is 46.1 Å². The molecule has 0 radical (unpaired) electrons. The SMILES string of the molecule is O=C(Nc1ccccc1)c1nnc(/C(Cl)=C/c2ccc(Cl)c(Cl)c2)s1. The van der Waals surface area contributed by atoms with E-state index in [4.69, 9.17) is 34.8 Å². The van der Waals surface area contributed by atoms with E-state index in [1.165, 1.54) is 0 Å². The Morgan fingerprint density at radius 2 is 1.72 bits per heavy atom. The van der Waals surface area contributed by atoms with Gasteiger partial charge in [-0.3, -0.25) is 4.79 Å². The number of para-hydroxylation sites is 1. The number of benzene rings is 2. The molecule has 1 heterocycles. The Labute approximate surface area is 163 Å². The van der Waals surface area contributed by atoms with Crippen LogP contribution in [0.4, 0.5) is 5.69 Å². The number of carbonyl (C=O) groups excluding carboxylic acids is 1. The molecule has 1 amide bonds. The van der Waals surface area contributed by atoms with Crippen molar-refractivity contribution in [3.05, 3.63) is 74.2 Å². The highest BCUT2D eigenvalue weighted by Crippen LogP contribution is 2.28. The predicted octanol–water partition coefficient (Wildman–Crippen LogP) is 5.83. The van der Waals surface area contributed by atoms with E-state index in [0.717, 1.165) is 16.9 Å². The van der Waals surface area contributed by atoms with Gasteiger partial charge < -0.3 is 5.32 Å². The lowest BCUT2D eigenvalue weighted by Gasteiger charge is -2.00. The fourth-order valence-corrected chi connectivity index (χ4v) is 3.16. The summed E-state index contributed by atoms with van der Waals surface area (Å²) in [4.78, 5) is 12.2. The first-order chi connectivity index (χ1) is 12.0. The molecule has 4 nitrogen and oxygen atoms in total. The molecule has 0 saturated heterocycles. The largest absolute Gasteiger partial charge is 0.320 e. The molecule has 0 fully saturated rings. The minimum Gasteiger partial charge on any atom is -0.320 e. The Morgan fingerprint density at radius 1 is 1.00 bits per heavy atom. The first-order valence-corrected chi connectivity index (χ1v) is 9.00. The Hall–Kier alpha value is -1.92. The van der Waals surface area contributed by atoms with Crippen LogP contribution in [0.2, 0.25) is 10.0 Å². The number of carbonyl (C=O) groups is 1. The van der Waals surface area contributed by atoms with Crippen LogP contribution in [0.1, 0.15) is 20.4 Å². The minimum atomic E-state index is -0.339. The number of rotatable bonds is 4. The summed E-state index contributed by atoms with van der Waals surface area (Å²) >= 11 is 19.2. The molecule has 1 N–H and O–H groups in total.